The monoisotopic (exact) mass is 510 g/mol. The van der Waals surface area contributed by atoms with Crippen LogP contribution in [0.2, 0.25) is 0 Å². The van der Waals surface area contributed by atoms with Crippen molar-refractivity contribution >= 4 is 34.9 Å². The molecule has 0 aliphatic heterocycles. The zero-order valence-corrected chi connectivity index (χ0v) is 20.0. The van der Waals surface area contributed by atoms with Crippen LogP contribution in [0.1, 0.15) is 41.4 Å². The highest BCUT2D eigenvalue weighted by Gasteiger charge is 2.39. The molecule has 11 nitrogen and oxygen atoms in total. The van der Waals surface area contributed by atoms with E-state index in [0.717, 1.165) is 18.2 Å². The summed E-state index contributed by atoms with van der Waals surface area (Å²) in [5.74, 6) is -0.669. The molecule has 2 N–H and O–H groups in total. The van der Waals surface area contributed by atoms with Crippen LogP contribution in [0.15, 0.2) is 18.2 Å². The highest BCUT2D eigenvalue weighted by Crippen LogP contribution is 2.36. The van der Waals surface area contributed by atoms with Crippen LogP contribution < -0.4 is 15.4 Å². The third-order valence-electron chi connectivity index (χ3n) is 5.11. The van der Waals surface area contributed by atoms with Gasteiger partial charge in [-0.25, -0.2) is 14.6 Å². The zero-order valence-electron chi connectivity index (χ0n) is 20.0. The molecule has 3 aromatic rings. The first-order chi connectivity index (χ1) is 17.1. The highest BCUT2D eigenvalue weighted by molar-refractivity contribution is 5.92. The molecule has 0 unspecified atom stereocenters. The van der Waals surface area contributed by atoms with Gasteiger partial charge in [-0.1, -0.05) is 19.4 Å². The number of hydrogen-bond donors (Lipinski definition) is 2. The molecule has 2 heterocycles. The molecule has 36 heavy (non-hydrogen) atoms. The van der Waals surface area contributed by atoms with Gasteiger partial charge in [0, 0.05) is 12.1 Å². The van der Waals surface area contributed by atoms with Crippen LogP contribution in [0.5, 0.6) is 5.75 Å². The molecule has 194 valence electrons. The summed E-state index contributed by atoms with van der Waals surface area (Å²) in [5.41, 5.74) is -1.12. The molecule has 2 aromatic heterocycles. The minimum atomic E-state index is -4.85. The predicted octanol–water partition coefficient (Wildman–Crippen LogP) is 4.08. The van der Waals surface area contributed by atoms with Crippen LogP contribution in [0.3, 0.4) is 0 Å². The van der Waals surface area contributed by atoms with E-state index in [1.165, 1.54) is 32.4 Å². The van der Waals surface area contributed by atoms with Crippen molar-refractivity contribution in [2.24, 2.45) is 0 Å². The lowest BCUT2D eigenvalue weighted by Gasteiger charge is -2.13. The van der Waals surface area contributed by atoms with Crippen LogP contribution in [0, 0.1) is 0 Å². The van der Waals surface area contributed by atoms with Gasteiger partial charge in [0.15, 0.2) is 11.5 Å². The number of esters is 1. The lowest BCUT2D eigenvalue weighted by molar-refractivity contribution is -0.140. The molecule has 0 aliphatic rings. The van der Waals surface area contributed by atoms with Gasteiger partial charge in [0.1, 0.15) is 16.8 Å². The molecule has 0 fully saturated rings. The molecular weight excluding hydrogens is 485 g/mol. The molecule has 0 radical (unpaired) electrons. The number of unbranched alkanes of at least 4 members (excludes halogenated alkanes) is 1. The first kappa shape index (κ1) is 26.5. The summed E-state index contributed by atoms with van der Waals surface area (Å²) in [4.78, 5) is 31.6. The van der Waals surface area contributed by atoms with Gasteiger partial charge in [0.2, 0.25) is 5.95 Å². The van der Waals surface area contributed by atoms with E-state index in [1.54, 1.807) is 0 Å². The van der Waals surface area contributed by atoms with E-state index in [2.05, 4.69) is 30.4 Å². The fourth-order valence-electron chi connectivity index (χ4n) is 3.37. The predicted molar refractivity (Wildman–Crippen MR) is 123 cm³/mol. The number of halogens is 3. The Balaban J connectivity index is 2.19. The molecular formula is C22H25F3N6O5. The summed E-state index contributed by atoms with van der Waals surface area (Å²) in [7, 11) is 3.70. The Kier molecular flexibility index (Phi) is 8.17. The number of ether oxygens (including phenoxy) is 3. The number of carbonyl (C=O) groups excluding carboxylic acids is 2. The summed E-state index contributed by atoms with van der Waals surface area (Å²) < 4.78 is 57.5. The number of nitrogens with one attached hydrogen (secondary N) is 2. The maximum atomic E-state index is 14.0. The van der Waals surface area contributed by atoms with E-state index in [0.29, 0.717) is 18.5 Å². The van der Waals surface area contributed by atoms with E-state index in [4.69, 9.17) is 9.47 Å². The number of rotatable bonds is 9. The van der Waals surface area contributed by atoms with Gasteiger partial charge < -0.3 is 19.5 Å². The van der Waals surface area contributed by atoms with Gasteiger partial charge in [-0.05, 0) is 18.6 Å². The average molecular weight is 510 g/mol. The van der Waals surface area contributed by atoms with Crippen molar-refractivity contribution in [3.05, 3.63) is 35.0 Å². The summed E-state index contributed by atoms with van der Waals surface area (Å²) in [6, 6.07) is 4.42. The van der Waals surface area contributed by atoms with Crippen molar-refractivity contribution in [2.45, 2.75) is 32.5 Å². The number of nitrogens with zero attached hydrogens (tertiary/aromatic N) is 4. The second-order valence-electron chi connectivity index (χ2n) is 7.51. The number of amides is 1. The van der Waals surface area contributed by atoms with Crippen LogP contribution in [0.25, 0.3) is 11.0 Å². The van der Waals surface area contributed by atoms with Crippen LogP contribution in [0.4, 0.5) is 29.7 Å². The third kappa shape index (κ3) is 5.75. The maximum Gasteiger partial charge on any atom is 0.437 e. The Morgan fingerprint density at radius 1 is 1.11 bits per heavy atom. The van der Waals surface area contributed by atoms with Gasteiger partial charge in [-0.15, -0.1) is 0 Å². The minimum absolute atomic E-state index is 0.0204. The van der Waals surface area contributed by atoms with E-state index >= 15 is 0 Å². The molecule has 14 heteroatoms. The SMILES string of the molecule is CCCCNc1nc(NC(=O)OC)nc2c(C(F)(F)F)nn(Cc3ccc(C(=O)OC)cc3OC)c12. The fraction of sp³-hybridized carbons (Fsp3) is 0.409. The summed E-state index contributed by atoms with van der Waals surface area (Å²) >= 11 is 0. The van der Waals surface area contributed by atoms with Gasteiger partial charge in [-0.2, -0.15) is 23.3 Å². The summed E-state index contributed by atoms with van der Waals surface area (Å²) in [5, 5.41) is 9.00. The first-order valence-electron chi connectivity index (χ1n) is 10.8. The van der Waals surface area contributed by atoms with E-state index in [9.17, 15) is 22.8 Å². The third-order valence-corrected chi connectivity index (χ3v) is 5.11. The largest absolute Gasteiger partial charge is 0.496 e. The van der Waals surface area contributed by atoms with Crippen LogP contribution >= 0.6 is 0 Å². The summed E-state index contributed by atoms with van der Waals surface area (Å²) in [6.45, 7) is 2.20. The zero-order chi connectivity index (χ0) is 26.5. The average Bonchev–Trinajstić information content (AvgIpc) is 3.22. The molecule has 0 spiro atoms. The molecule has 1 aromatic carbocycles. The number of alkyl halides is 3. The van der Waals surface area contributed by atoms with Crippen molar-refractivity contribution in [1.29, 1.82) is 0 Å². The Morgan fingerprint density at radius 2 is 1.86 bits per heavy atom. The van der Waals surface area contributed by atoms with Crippen molar-refractivity contribution in [3.8, 4) is 5.75 Å². The Labute approximate surface area is 203 Å². The molecule has 0 bridgehead atoms. The fourth-order valence-corrected chi connectivity index (χ4v) is 3.37. The first-order valence-corrected chi connectivity index (χ1v) is 10.8. The number of anilines is 2. The van der Waals surface area contributed by atoms with Crippen molar-refractivity contribution in [2.75, 3.05) is 38.5 Å². The topological polar surface area (TPSA) is 129 Å². The molecule has 3 rings (SSSR count). The van der Waals surface area contributed by atoms with Crippen molar-refractivity contribution in [3.63, 3.8) is 0 Å². The lowest BCUT2D eigenvalue weighted by atomic mass is 10.1. The minimum Gasteiger partial charge on any atom is -0.496 e. The Bertz CT molecular complexity index is 1260. The highest BCUT2D eigenvalue weighted by atomic mass is 19.4. The Morgan fingerprint density at radius 3 is 2.47 bits per heavy atom. The second kappa shape index (κ2) is 11.1. The number of carbonyl (C=O) groups is 2. The second-order valence-corrected chi connectivity index (χ2v) is 7.51. The van der Waals surface area contributed by atoms with Crippen molar-refractivity contribution < 1.29 is 37.0 Å². The summed E-state index contributed by atoms with van der Waals surface area (Å²) in [6.07, 6.45) is -4.25. The number of methoxy groups -OCH3 is 3. The molecule has 0 saturated carbocycles. The lowest BCUT2D eigenvalue weighted by Crippen LogP contribution is -2.16. The smallest absolute Gasteiger partial charge is 0.437 e. The number of hydrogen-bond acceptors (Lipinski definition) is 9. The molecule has 0 saturated heterocycles. The number of fused-ring (bicyclic) bond motifs is 1. The normalized spacial score (nSPS) is 11.3. The van der Waals surface area contributed by atoms with Crippen molar-refractivity contribution in [1.82, 2.24) is 19.7 Å². The van der Waals surface area contributed by atoms with Crippen LogP contribution in [-0.2, 0) is 22.2 Å². The molecule has 1 amide bonds. The van der Waals surface area contributed by atoms with Gasteiger partial charge in [0.25, 0.3) is 0 Å². The van der Waals surface area contributed by atoms with E-state index < -0.39 is 29.4 Å². The quantitative estimate of drug-likeness (QED) is 0.323. The Hall–Kier alpha value is -4.10. The number of benzene rings is 1. The molecule has 0 aliphatic carbocycles. The standard InChI is InChI=1S/C22H25F3N6O5/c1-5-6-9-26-18-16-15(27-20(28-18)29-21(33)36-4)17(22(23,24)25)30-31(16)11-13-8-7-12(19(32)35-3)10-14(13)34-2/h7-8,10H,5-6,9,11H2,1-4H3,(H2,26,27,28,29,33). The van der Waals surface area contributed by atoms with Gasteiger partial charge in [0.05, 0.1) is 33.4 Å². The van der Waals surface area contributed by atoms with E-state index in [1.807, 2.05) is 6.92 Å². The van der Waals surface area contributed by atoms with Gasteiger partial charge >= 0.3 is 18.2 Å². The maximum absolute atomic E-state index is 14.0. The van der Waals surface area contributed by atoms with E-state index in [-0.39, 0.29) is 35.1 Å². The molecule has 0 atom stereocenters. The van der Waals surface area contributed by atoms with Crippen LogP contribution in [-0.4, -0.2) is 59.7 Å². The van der Waals surface area contributed by atoms with Gasteiger partial charge in [-0.3, -0.25) is 10.00 Å². The number of aromatic nitrogens is 4.